The number of amides is 1. The molecule has 1 rings (SSSR count). The van der Waals surface area contributed by atoms with E-state index in [0.717, 1.165) is 0 Å². The maximum Gasteiger partial charge on any atom is 0.410 e. The number of carbonyl (C=O) groups is 1. The zero-order valence-electron chi connectivity index (χ0n) is 10.5. The molecule has 5 heteroatoms. The molecule has 1 saturated heterocycles. The zero-order chi connectivity index (χ0) is 12.3. The summed E-state index contributed by atoms with van der Waals surface area (Å²) in [5, 5.41) is 12.6. The molecule has 0 radical (unpaired) electrons. The molecule has 1 aliphatic heterocycles. The molecule has 0 spiro atoms. The third-order valence-electron chi connectivity index (χ3n) is 2.44. The van der Waals surface area contributed by atoms with Gasteiger partial charge in [0.05, 0.1) is 12.1 Å². The summed E-state index contributed by atoms with van der Waals surface area (Å²) in [5.74, 6) is 0. The lowest BCUT2D eigenvalue weighted by atomic mass is 10.1. The molecule has 1 amide bonds. The van der Waals surface area contributed by atoms with Gasteiger partial charge in [0.2, 0.25) is 0 Å². The molecule has 0 aromatic heterocycles. The standard InChI is InChI=1S/C11H22N2O3/c1-8(14)9-7-13(6-5-12-9)10(15)16-11(2,3)4/h8-9,12,14H,5-7H2,1-4H3. The smallest absolute Gasteiger partial charge is 0.410 e. The van der Waals surface area contributed by atoms with Gasteiger partial charge in [-0.1, -0.05) is 0 Å². The highest BCUT2D eigenvalue weighted by molar-refractivity contribution is 5.68. The number of ether oxygens (including phenoxy) is 1. The summed E-state index contributed by atoms with van der Waals surface area (Å²) in [6.45, 7) is 9.06. The van der Waals surface area contributed by atoms with Crippen LogP contribution in [0.2, 0.25) is 0 Å². The highest BCUT2D eigenvalue weighted by Crippen LogP contribution is 2.12. The number of aliphatic hydroxyl groups is 1. The molecule has 2 N–H and O–H groups in total. The Morgan fingerprint density at radius 2 is 2.19 bits per heavy atom. The molecule has 0 aromatic carbocycles. The van der Waals surface area contributed by atoms with E-state index in [1.54, 1.807) is 11.8 Å². The molecule has 16 heavy (non-hydrogen) atoms. The third kappa shape index (κ3) is 3.98. The van der Waals surface area contributed by atoms with Crippen molar-refractivity contribution in [2.24, 2.45) is 0 Å². The van der Waals surface area contributed by atoms with E-state index in [2.05, 4.69) is 5.32 Å². The molecule has 1 heterocycles. The molecular weight excluding hydrogens is 208 g/mol. The lowest BCUT2D eigenvalue weighted by Crippen LogP contribution is -2.57. The van der Waals surface area contributed by atoms with E-state index in [1.165, 1.54) is 0 Å². The summed E-state index contributed by atoms with van der Waals surface area (Å²) in [7, 11) is 0. The SMILES string of the molecule is CC(O)C1CN(C(=O)OC(C)(C)C)CCN1. The molecule has 0 aliphatic carbocycles. The maximum absolute atomic E-state index is 11.8. The summed E-state index contributed by atoms with van der Waals surface area (Å²) in [6.07, 6.45) is -0.773. The van der Waals surface area contributed by atoms with Gasteiger partial charge in [0.25, 0.3) is 0 Å². The molecule has 2 unspecified atom stereocenters. The van der Waals surface area contributed by atoms with Crippen LogP contribution >= 0.6 is 0 Å². The molecule has 0 saturated carbocycles. The monoisotopic (exact) mass is 230 g/mol. The lowest BCUT2D eigenvalue weighted by molar-refractivity contribution is 0.0127. The van der Waals surface area contributed by atoms with Crippen molar-refractivity contribution in [1.82, 2.24) is 10.2 Å². The van der Waals surface area contributed by atoms with Gasteiger partial charge in [-0.3, -0.25) is 0 Å². The van der Waals surface area contributed by atoms with Gasteiger partial charge in [0.15, 0.2) is 0 Å². The highest BCUT2D eigenvalue weighted by atomic mass is 16.6. The number of nitrogens with zero attached hydrogens (tertiary/aromatic N) is 1. The predicted octanol–water partition coefficient (Wildman–Crippen LogP) is 0.576. The summed E-state index contributed by atoms with van der Waals surface area (Å²) in [6, 6.07) is -0.0683. The summed E-state index contributed by atoms with van der Waals surface area (Å²) < 4.78 is 5.28. The first-order valence-corrected chi connectivity index (χ1v) is 5.69. The number of hydrogen-bond donors (Lipinski definition) is 2. The summed E-state index contributed by atoms with van der Waals surface area (Å²) in [4.78, 5) is 13.4. The second kappa shape index (κ2) is 5.01. The predicted molar refractivity (Wildman–Crippen MR) is 61.3 cm³/mol. The quantitative estimate of drug-likeness (QED) is 0.691. The Labute approximate surface area is 96.8 Å². The Balaban J connectivity index is 2.50. The largest absolute Gasteiger partial charge is 0.444 e. The Hall–Kier alpha value is -0.810. The van der Waals surface area contributed by atoms with E-state index in [4.69, 9.17) is 4.74 Å². The van der Waals surface area contributed by atoms with Gasteiger partial charge < -0.3 is 20.1 Å². The van der Waals surface area contributed by atoms with Crippen LogP contribution in [0.4, 0.5) is 4.79 Å². The molecule has 0 bridgehead atoms. The molecule has 0 aromatic rings. The minimum absolute atomic E-state index is 0.0683. The van der Waals surface area contributed by atoms with Gasteiger partial charge >= 0.3 is 6.09 Å². The van der Waals surface area contributed by atoms with Gasteiger partial charge in [0.1, 0.15) is 5.60 Å². The summed E-state index contributed by atoms with van der Waals surface area (Å²) >= 11 is 0. The molecule has 1 aliphatic rings. The topological polar surface area (TPSA) is 61.8 Å². The Morgan fingerprint density at radius 3 is 2.69 bits per heavy atom. The van der Waals surface area contributed by atoms with Gasteiger partial charge in [-0.15, -0.1) is 0 Å². The van der Waals surface area contributed by atoms with Crippen molar-refractivity contribution in [3.05, 3.63) is 0 Å². The highest BCUT2D eigenvalue weighted by Gasteiger charge is 2.28. The fourth-order valence-corrected chi connectivity index (χ4v) is 1.59. The van der Waals surface area contributed by atoms with Crippen LogP contribution < -0.4 is 5.32 Å². The number of aliphatic hydroxyl groups excluding tert-OH is 1. The number of rotatable bonds is 1. The lowest BCUT2D eigenvalue weighted by Gasteiger charge is -2.35. The second-order valence-electron chi connectivity index (χ2n) is 5.23. The van der Waals surface area contributed by atoms with Crippen molar-refractivity contribution in [2.45, 2.75) is 45.4 Å². The van der Waals surface area contributed by atoms with Crippen molar-refractivity contribution >= 4 is 6.09 Å². The first kappa shape index (κ1) is 13.3. The van der Waals surface area contributed by atoms with E-state index in [1.807, 2.05) is 20.8 Å². The second-order valence-corrected chi connectivity index (χ2v) is 5.23. The number of piperazine rings is 1. The molecular formula is C11H22N2O3. The minimum atomic E-state index is -0.470. The Morgan fingerprint density at radius 1 is 1.56 bits per heavy atom. The van der Waals surface area contributed by atoms with Gasteiger partial charge in [0, 0.05) is 19.6 Å². The van der Waals surface area contributed by atoms with E-state index in [9.17, 15) is 9.90 Å². The van der Waals surface area contributed by atoms with Crippen LogP contribution in [0.1, 0.15) is 27.7 Å². The number of hydrogen-bond acceptors (Lipinski definition) is 4. The number of carbonyl (C=O) groups excluding carboxylic acids is 1. The van der Waals surface area contributed by atoms with Crippen molar-refractivity contribution in [3.63, 3.8) is 0 Å². The van der Waals surface area contributed by atoms with Crippen LogP contribution in [0.15, 0.2) is 0 Å². The van der Waals surface area contributed by atoms with Crippen LogP contribution in [0.5, 0.6) is 0 Å². The normalized spacial score (nSPS) is 24.1. The zero-order valence-corrected chi connectivity index (χ0v) is 10.5. The Bertz CT molecular complexity index is 248. The van der Waals surface area contributed by atoms with Crippen LogP contribution in [0.3, 0.4) is 0 Å². The van der Waals surface area contributed by atoms with Crippen LogP contribution in [0.25, 0.3) is 0 Å². The van der Waals surface area contributed by atoms with E-state index in [0.29, 0.717) is 19.6 Å². The maximum atomic E-state index is 11.8. The van der Waals surface area contributed by atoms with Gasteiger partial charge in [-0.25, -0.2) is 4.79 Å². The van der Waals surface area contributed by atoms with Crippen LogP contribution in [0, 0.1) is 0 Å². The summed E-state index contributed by atoms with van der Waals surface area (Å²) in [5.41, 5.74) is -0.470. The first-order chi connectivity index (χ1) is 7.29. The molecule has 5 nitrogen and oxygen atoms in total. The molecule has 94 valence electrons. The average Bonchev–Trinajstić information content (AvgIpc) is 2.15. The van der Waals surface area contributed by atoms with Crippen molar-refractivity contribution in [3.8, 4) is 0 Å². The average molecular weight is 230 g/mol. The molecule has 2 atom stereocenters. The fraction of sp³-hybridized carbons (Fsp3) is 0.909. The first-order valence-electron chi connectivity index (χ1n) is 5.69. The fourth-order valence-electron chi connectivity index (χ4n) is 1.59. The van der Waals surface area contributed by atoms with Crippen LogP contribution in [-0.2, 0) is 4.74 Å². The third-order valence-corrected chi connectivity index (χ3v) is 2.44. The van der Waals surface area contributed by atoms with Crippen molar-refractivity contribution in [1.29, 1.82) is 0 Å². The van der Waals surface area contributed by atoms with Gasteiger partial charge in [-0.2, -0.15) is 0 Å². The van der Waals surface area contributed by atoms with E-state index >= 15 is 0 Å². The van der Waals surface area contributed by atoms with Crippen molar-refractivity contribution in [2.75, 3.05) is 19.6 Å². The van der Waals surface area contributed by atoms with Gasteiger partial charge in [-0.05, 0) is 27.7 Å². The van der Waals surface area contributed by atoms with Crippen LogP contribution in [-0.4, -0.2) is 53.5 Å². The number of nitrogens with one attached hydrogen (secondary N) is 1. The van der Waals surface area contributed by atoms with E-state index < -0.39 is 11.7 Å². The minimum Gasteiger partial charge on any atom is -0.444 e. The van der Waals surface area contributed by atoms with E-state index in [-0.39, 0.29) is 12.1 Å². The molecule has 1 fully saturated rings. The Kier molecular flexibility index (Phi) is 4.15. The van der Waals surface area contributed by atoms with Crippen molar-refractivity contribution < 1.29 is 14.6 Å².